The number of urea groups is 1. The molecule has 0 aliphatic rings. The first-order valence-electron chi connectivity index (χ1n) is 7.38. The van der Waals surface area contributed by atoms with Crippen molar-refractivity contribution in [2.45, 2.75) is 33.1 Å². The molecule has 0 fully saturated rings. The van der Waals surface area contributed by atoms with Gasteiger partial charge in [0.05, 0.1) is 6.54 Å². The van der Waals surface area contributed by atoms with Crippen LogP contribution in [-0.2, 0) is 6.42 Å². The highest BCUT2D eigenvalue weighted by atomic mass is 16.5. The molecule has 2 amide bonds. The molecule has 0 aliphatic carbocycles. The van der Waals surface area contributed by atoms with Crippen molar-refractivity contribution in [1.82, 2.24) is 10.2 Å². The minimum atomic E-state index is -0.0363. The van der Waals surface area contributed by atoms with Crippen molar-refractivity contribution in [2.75, 3.05) is 26.7 Å². The third-order valence-electron chi connectivity index (χ3n) is 3.18. The fraction of sp³-hybridized carbons (Fsp3) is 0.562. The molecule has 1 aromatic rings. The van der Waals surface area contributed by atoms with Gasteiger partial charge in [-0.2, -0.15) is 0 Å². The van der Waals surface area contributed by atoms with Crippen LogP contribution in [0.4, 0.5) is 4.79 Å². The second kappa shape index (κ2) is 9.23. The number of para-hydroxylation sites is 1. The molecule has 1 N–H and O–H groups in total. The van der Waals surface area contributed by atoms with Crippen LogP contribution in [0.2, 0.25) is 0 Å². The summed E-state index contributed by atoms with van der Waals surface area (Å²) in [7, 11) is 1.82. The molecule has 1 rings (SSSR count). The minimum Gasteiger partial charge on any atom is -0.491 e. The summed E-state index contributed by atoms with van der Waals surface area (Å²) in [5.41, 5.74) is 1.19. The number of amides is 2. The van der Waals surface area contributed by atoms with E-state index in [2.05, 4.69) is 25.2 Å². The number of carbonyl (C=O) groups is 1. The van der Waals surface area contributed by atoms with E-state index in [9.17, 15) is 4.79 Å². The predicted molar refractivity (Wildman–Crippen MR) is 82.3 cm³/mol. The molecule has 0 saturated carbocycles. The third kappa shape index (κ3) is 5.51. The number of hydrogen-bond donors (Lipinski definition) is 1. The average molecular weight is 278 g/mol. The van der Waals surface area contributed by atoms with Gasteiger partial charge in [0.25, 0.3) is 0 Å². The normalized spacial score (nSPS) is 10.2. The first-order valence-corrected chi connectivity index (χ1v) is 7.38. The summed E-state index contributed by atoms with van der Waals surface area (Å²) in [4.78, 5) is 13.5. The largest absolute Gasteiger partial charge is 0.491 e. The molecule has 0 bridgehead atoms. The van der Waals surface area contributed by atoms with E-state index in [1.165, 1.54) is 5.56 Å². The number of rotatable bonds is 8. The third-order valence-corrected chi connectivity index (χ3v) is 3.18. The number of ether oxygens (including phenoxy) is 1. The smallest absolute Gasteiger partial charge is 0.317 e. The van der Waals surface area contributed by atoms with E-state index in [0.717, 1.165) is 31.6 Å². The van der Waals surface area contributed by atoms with Crippen LogP contribution in [0.5, 0.6) is 5.75 Å². The molecule has 0 spiro atoms. The van der Waals surface area contributed by atoms with Crippen molar-refractivity contribution in [2.24, 2.45) is 0 Å². The van der Waals surface area contributed by atoms with Gasteiger partial charge >= 0.3 is 6.03 Å². The Morgan fingerprint density at radius 2 is 2.05 bits per heavy atom. The van der Waals surface area contributed by atoms with Crippen molar-refractivity contribution in [1.29, 1.82) is 0 Å². The Kier molecular flexibility index (Phi) is 7.55. The fourth-order valence-corrected chi connectivity index (χ4v) is 1.89. The van der Waals surface area contributed by atoms with Crippen LogP contribution in [0.1, 0.15) is 32.3 Å². The monoisotopic (exact) mass is 278 g/mol. The lowest BCUT2D eigenvalue weighted by Crippen LogP contribution is -2.39. The highest BCUT2D eigenvalue weighted by Crippen LogP contribution is 2.17. The average Bonchev–Trinajstić information content (AvgIpc) is 2.49. The molecule has 0 radical (unpaired) electrons. The van der Waals surface area contributed by atoms with E-state index in [4.69, 9.17) is 4.74 Å². The molecule has 4 heteroatoms. The molecule has 20 heavy (non-hydrogen) atoms. The summed E-state index contributed by atoms with van der Waals surface area (Å²) in [6.07, 6.45) is 3.07. The molecule has 0 aromatic heterocycles. The molecule has 0 saturated heterocycles. The number of hydrogen-bond acceptors (Lipinski definition) is 2. The van der Waals surface area contributed by atoms with Gasteiger partial charge in [-0.15, -0.1) is 0 Å². The summed E-state index contributed by atoms with van der Waals surface area (Å²) in [5.74, 6) is 0.906. The maximum absolute atomic E-state index is 11.7. The summed E-state index contributed by atoms with van der Waals surface area (Å²) < 4.78 is 5.71. The van der Waals surface area contributed by atoms with E-state index < -0.39 is 0 Å². The second-order valence-electron chi connectivity index (χ2n) is 4.82. The van der Waals surface area contributed by atoms with E-state index >= 15 is 0 Å². The van der Waals surface area contributed by atoms with Gasteiger partial charge in [0, 0.05) is 13.6 Å². The first kappa shape index (κ1) is 16.3. The zero-order valence-corrected chi connectivity index (χ0v) is 12.8. The minimum absolute atomic E-state index is 0.0363. The van der Waals surface area contributed by atoms with Crippen molar-refractivity contribution >= 4 is 6.03 Å². The van der Waals surface area contributed by atoms with Crippen molar-refractivity contribution < 1.29 is 9.53 Å². The van der Waals surface area contributed by atoms with E-state index in [-0.39, 0.29) is 6.03 Å². The van der Waals surface area contributed by atoms with Crippen LogP contribution >= 0.6 is 0 Å². The molecule has 1 aromatic carbocycles. The highest BCUT2D eigenvalue weighted by Gasteiger charge is 2.06. The summed E-state index contributed by atoms with van der Waals surface area (Å²) in [6, 6.07) is 7.97. The quantitative estimate of drug-likeness (QED) is 0.743. The molecular weight excluding hydrogens is 252 g/mol. The predicted octanol–water partition coefficient (Wildman–Crippen LogP) is 3.07. The second-order valence-corrected chi connectivity index (χ2v) is 4.82. The molecule has 0 aliphatic heterocycles. The molecule has 0 unspecified atom stereocenters. The summed E-state index contributed by atoms with van der Waals surface area (Å²) >= 11 is 0. The number of benzene rings is 1. The lowest BCUT2D eigenvalue weighted by molar-refractivity contribution is 0.204. The van der Waals surface area contributed by atoms with Crippen LogP contribution in [0.3, 0.4) is 0 Å². The Balaban J connectivity index is 2.26. The number of nitrogens with one attached hydrogen (secondary N) is 1. The van der Waals surface area contributed by atoms with E-state index in [1.807, 2.05) is 25.2 Å². The molecule has 0 atom stereocenters. The van der Waals surface area contributed by atoms with Gasteiger partial charge < -0.3 is 15.0 Å². The maximum Gasteiger partial charge on any atom is 0.317 e. The lowest BCUT2D eigenvalue weighted by atomic mass is 10.1. The van der Waals surface area contributed by atoms with Gasteiger partial charge in [-0.05, 0) is 24.5 Å². The molecule has 0 heterocycles. The zero-order chi connectivity index (χ0) is 14.8. The molecule has 4 nitrogen and oxygen atoms in total. The Labute approximate surface area is 122 Å². The molecule has 112 valence electrons. The van der Waals surface area contributed by atoms with Gasteiger partial charge in [-0.1, -0.05) is 38.5 Å². The van der Waals surface area contributed by atoms with Crippen LogP contribution < -0.4 is 10.1 Å². The Bertz CT molecular complexity index is 407. The van der Waals surface area contributed by atoms with Gasteiger partial charge in [0.1, 0.15) is 12.4 Å². The SMILES string of the molecule is CCCCN(C)C(=O)NCCOc1ccccc1CC. The van der Waals surface area contributed by atoms with Gasteiger partial charge in [-0.25, -0.2) is 4.79 Å². The van der Waals surface area contributed by atoms with Crippen LogP contribution in [0.15, 0.2) is 24.3 Å². The topological polar surface area (TPSA) is 41.6 Å². The Morgan fingerprint density at radius 1 is 1.30 bits per heavy atom. The number of unbranched alkanes of at least 4 members (excludes halogenated alkanes) is 1. The van der Waals surface area contributed by atoms with Gasteiger partial charge in [0.15, 0.2) is 0 Å². The van der Waals surface area contributed by atoms with Crippen LogP contribution in [-0.4, -0.2) is 37.7 Å². The standard InChI is InChI=1S/C16H26N2O2/c1-4-6-12-18(3)16(19)17-11-13-20-15-10-8-7-9-14(15)5-2/h7-10H,4-6,11-13H2,1-3H3,(H,17,19). The van der Waals surface area contributed by atoms with Crippen molar-refractivity contribution in [3.05, 3.63) is 29.8 Å². The van der Waals surface area contributed by atoms with Crippen molar-refractivity contribution in [3.8, 4) is 5.75 Å². The Morgan fingerprint density at radius 3 is 2.75 bits per heavy atom. The van der Waals surface area contributed by atoms with Crippen LogP contribution in [0, 0.1) is 0 Å². The van der Waals surface area contributed by atoms with Gasteiger partial charge in [0.2, 0.25) is 0 Å². The van der Waals surface area contributed by atoms with Gasteiger partial charge in [-0.3, -0.25) is 0 Å². The molecular formula is C16H26N2O2. The summed E-state index contributed by atoms with van der Waals surface area (Å²) in [6.45, 7) is 6.02. The zero-order valence-electron chi connectivity index (χ0n) is 12.8. The van der Waals surface area contributed by atoms with E-state index in [0.29, 0.717) is 13.2 Å². The lowest BCUT2D eigenvalue weighted by Gasteiger charge is -2.17. The first-order chi connectivity index (χ1) is 9.69. The Hall–Kier alpha value is -1.71. The number of nitrogens with zero attached hydrogens (tertiary/aromatic N) is 1. The number of aryl methyl sites for hydroxylation is 1. The van der Waals surface area contributed by atoms with Crippen molar-refractivity contribution in [3.63, 3.8) is 0 Å². The maximum atomic E-state index is 11.7. The fourth-order valence-electron chi connectivity index (χ4n) is 1.89. The van der Waals surface area contributed by atoms with Crippen LogP contribution in [0.25, 0.3) is 0 Å². The summed E-state index contributed by atoms with van der Waals surface area (Å²) in [5, 5.41) is 2.86. The number of carbonyl (C=O) groups excluding carboxylic acids is 1. The van der Waals surface area contributed by atoms with E-state index in [1.54, 1.807) is 4.90 Å². The highest BCUT2D eigenvalue weighted by molar-refractivity contribution is 5.73.